The number of hydrogen-bond donors (Lipinski definition) is 0. The van der Waals surface area contributed by atoms with Gasteiger partial charge in [-0.2, -0.15) is 0 Å². The molecule has 0 aliphatic rings. The van der Waals surface area contributed by atoms with Crippen molar-refractivity contribution in [2.45, 2.75) is 6.36 Å². The van der Waals surface area contributed by atoms with Gasteiger partial charge in [-0.05, 0) is 0 Å². The lowest BCUT2D eigenvalue weighted by Gasteiger charge is -2.21. The zero-order valence-electron chi connectivity index (χ0n) is 5.50. The van der Waals surface area contributed by atoms with E-state index >= 15 is 0 Å². The van der Waals surface area contributed by atoms with E-state index in [-0.39, 0.29) is 0 Å². The van der Waals surface area contributed by atoms with Gasteiger partial charge in [-0.3, -0.25) is 4.57 Å². The molecule has 0 aromatic carbocycles. The minimum absolute atomic E-state index is 0.795. The molecule has 0 aromatic rings. The molecule has 0 rings (SSSR count). The van der Waals surface area contributed by atoms with E-state index in [1.165, 1.54) is 0 Å². The quantitative estimate of drug-likeness (QED) is 0.498. The van der Waals surface area contributed by atoms with E-state index in [1.54, 1.807) is 5.92 Å². The highest BCUT2D eigenvalue weighted by molar-refractivity contribution is 7.45. The lowest BCUT2D eigenvalue weighted by atomic mass is 10.8. The largest absolute Gasteiger partial charge is 0.756 e. The molecule has 4 nitrogen and oxygen atoms in total. The van der Waals surface area contributed by atoms with E-state index in [4.69, 9.17) is 0 Å². The molecule has 0 saturated carbocycles. The summed E-state index contributed by atoms with van der Waals surface area (Å²) >= 11 is 0. The second kappa shape index (κ2) is 3.92. The number of alkyl halides is 3. The fourth-order valence-electron chi connectivity index (χ4n) is 0.269. The Balaban J connectivity index is 4.07. The van der Waals surface area contributed by atoms with Gasteiger partial charge in [-0.1, -0.05) is 5.92 Å². The number of phosphoric ester groups is 1. The fourth-order valence-corrected chi connectivity index (χ4v) is 0.808. The van der Waals surface area contributed by atoms with Gasteiger partial charge >= 0.3 is 6.36 Å². The molecule has 0 aromatic heterocycles. The van der Waals surface area contributed by atoms with Crippen molar-refractivity contribution in [2.24, 2.45) is 0 Å². The van der Waals surface area contributed by atoms with Gasteiger partial charge < -0.3 is 9.42 Å². The van der Waals surface area contributed by atoms with Crippen LogP contribution in [0.15, 0.2) is 0 Å². The molecule has 1 unspecified atom stereocenters. The highest BCUT2D eigenvalue weighted by Gasteiger charge is 2.35. The van der Waals surface area contributed by atoms with Gasteiger partial charge in [0.05, 0.1) is 0 Å². The molecule has 0 spiro atoms. The summed E-state index contributed by atoms with van der Waals surface area (Å²) in [5.41, 5.74) is 0. The van der Waals surface area contributed by atoms with Crippen LogP contribution < -0.4 is 4.89 Å². The maximum Gasteiger partial charge on any atom is 0.528 e. The molecular formula is C4H3F3O4P-. The van der Waals surface area contributed by atoms with E-state index in [9.17, 15) is 22.6 Å². The molecule has 0 radical (unpaired) electrons. The molecule has 0 aliphatic carbocycles. The molecule has 0 saturated heterocycles. The Morgan fingerprint density at radius 1 is 1.58 bits per heavy atom. The first-order chi connectivity index (χ1) is 5.27. The van der Waals surface area contributed by atoms with Crippen molar-refractivity contribution < 1.29 is 31.7 Å². The SMILES string of the molecule is C#CCOP(=O)([O-])OC(F)(F)F. The summed E-state index contributed by atoms with van der Waals surface area (Å²) < 4.78 is 50.1. The van der Waals surface area contributed by atoms with Gasteiger partial charge in [0.2, 0.25) is 0 Å². The summed E-state index contributed by atoms with van der Waals surface area (Å²) in [5.74, 6) is 1.67. The fraction of sp³-hybridized carbons (Fsp3) is 0.500. The molecule has 0 N–H and O–H groups in total. The van der Waals surface area contributed by atoms with Crippen molar-refractivity contribution >= 4 is 7.82 Å². The number of phosphoric acid groups is 1. The summed E-state index contributed by atoms with van der Waals surface area (Å²) in [6, 6.07) is 0. The van der Waals surface area contributed by atoms with Crippen molar-refractivity contribution in [3.05, 3.63) is 0 Å². The van der Waals surface area contributed by atoms with Gasteiger partial charge in [0.1, 0.15) is 6.61 Å². The van der Waals surface area contributed by atoms with E-state index in [2.05, 4.69) is 15.5 Å². The Morgan fingerprint density at radius 2 is 2.08 bits per heavy atom. The molecule has 8 heteroatoms. The van der Waals surface area contributed by atoms with Crippen LogP contribution in [-0.2, 0) is 13.6 Å². The topological polar surface area (TPSA) is 58.6 Å². The second-order valence-electron chi connectivity index (χ2n) is 1.46. The first kappa shape index (κ1) is 11.5. The zero-order valence-corrected chi connectivity index (χ0v) is 6.39. The van der Waals surface area contributed by atoms with Crippen molar-refractivity contribution in [3.63, 3.8) is 0 Å². The third kappa shape index (κ3) is 6.19. The van der Waals surface area contributed by atoms with E-state index in [0.29, 0.717) is 0 Å². The Labute approximate surface area is 65.9 Å². The molecule has 0 bridgehead atoms. The van der Waals surface area contributed by atoms with Gasteiger partial charge in [0.15, 0.2) is 0 Å². The van der Waals surface area contributed by atoms with Crippen molar-refractivity contribution in [2.75, 3.05) is 6.61 Å². The van der Waals surface area contributed by atoms with Crippen molar-refractivity contribution in [1.82, 2.24) is 0 Å². The lowest BCUT2D eigenvalue weighted by Crippen LogP contribution is -2.18. The molecule has 1 atom stereocenters. The number of rotatable bonds is 3. The molecule has 0 aliphatic heterocycles. The summed E-state index contributed by atoms with van der Waals surface area (Å²) in [7, 11) is -5.35. The van der Waals surface area contributed by atoms with E-state index < -0.39 is 20.8 Å². The third-order valence-corrected chi connectivity index (χ3v) is 1.40. The monoisotopic (exact) mass is 203 g/mol. The highest BCUT2D eigenvalue weighted by Crippen LogP contribution is 2.44. The summed E-state index contributed by atoms with van der Waals surface area (Å²) in [4.78, 5) is 10.2. The molecule has 0 amide bonds. The smallest absolute Gasteiger partial charge is 0.528 e. The lowest BCUT2D eigenvalue weighted by molar-refractivity contribution is -0.321. The Hall–Kier alpha value is -0.540. The minimum Gasteiger partial charge on any atom is -0.756 e. The van der Waals surface area contributed by atoms with Gasteiger partial charge in [-0.25, -0.2) is 4.52 Å². The van der Waals surface area contributed by atoms with Crippen LogP contribution >= 0.6 is 7.82 Å². The van der Waals surface area contributed by atoms with Crippen LogP contribution in [0.3, 0.4) is 0 Å². The first-order valence-electron chi connectivity index (χ1n) is 2.43. The predicted octanol–water partition coefficient (Wildman–Crippen LogP) is 0.641. The average Bonchev–Trinajstić information content (AvgIpc) is 1.78. The molecule has 0 fully saturated rings. The summed E-state index contributed by atoms with van der Waals surface area (Å²) in [6.07, 6.45) is -0.758. The molecule has 70 valence electrons. The number of halogens is 3. The Kier molecular flexibility index (Phi) is 3.74. The van der Waals surface area contributed by atoms with Crippen LogP contribution in [0.25, 0.3) is 0 Å². The second-order valence-corrected chi connectivity index (χ2v) is 2.80. The number of terminal acetylenes is 1. The van der Waals surface area contributed by atoms with Crippen LogP contribution in [-0.4, -0.2) is 13.0 Å². The standard InChI is InChI=1S/C4H4F3O4P/c1-2-3-10-12(8,9)11-4(5,6)7/h1H,3H2,(H,8,9)/p-1. The van der Waals surface area contributed by atoms with Crippen LogP contribution in [0.2, 0.25) is 0 Å². The molecular weight excluding hydrogens is 200 g/mol. The Bertz CT molecular complexity index is 229. The maximum atomic E-state index is 11.3. The van der Waals surface area contributed by atoms with E-state index in [0.717, 1.165) is 0 Å². The molecule has 0 heterocycles. The maximum absolute atomic E-state index is 11.3. The minimum atomic E-state index is -5.35. The highest BCUT2D eigenvalue weighted by atomic mass is 31.2. The van der Waals surface area contributed by atoms with Crippen LogP contribution in [0, 0.1) is 12.3 Å². The molecule has 12 heavy (non-hydrogen) atoms. The third-order valence-electron chi connectivity index (χ3n) is 0.521. The van der Waals surface area contributed by atoms with Gasteiger partial charge in [0, 0.05) is 0 Å². The van der Waals surface area contributed by atoms with Crippen molar-refractivity contribution in [1.29, 1.82) is 0 Å². The number of hydrogen-bond acceptors (Lipinski definition) is 4. The van der Waals surface area contributed by atoms with Gasteiger partial charge in [0.25, 0.3) is 7.82 Å². The zero-order chi connectivity index (χ0) is 9.83. The predicted molar refractivity (Wildman–Crippen MR) is 29.5 cm³/mol. The van der Waals surface area contributed by atoms with Crippen LogP contribution in [0.5, 0.6) is 0 Å². The summed E-state index contributed by atoms with van der Waals surface area (Å²) in [6.45, 7) is -0.795. The van der Waals surface area contributed by atoms with Gasteiger partial charge in [-0.15, -0.1) is 19.6 Å². The average molecular weight is 203 g/mol. The normalized spacial score (nSPS) is 16.6. The first-order valence-corrected chi connectivity index (χ1v) is 3.89. The van der Waals surface area contributed by atoms with Crippen LogP contribution in [0.4, 0.5) is 13.2 Å². The van der Waals surface area contributed by atoms with Crippen molar-refractivity contribution in [3.8, 4) is 12.3 Å². The Morgan fingerprint density at radius 3 is 2.42 bits per heavy atom. The van der Waals surface area contributed by atoms with Crippen LogP contribution in [0.1, 0.15) is 0 Å². The van der Waals surface area contributed by atoms with E-state index in [1.807, 2.05) is 0 Å². The summed E-state index contributed by atoms with van der Waals surface area (Å²) in [5, 5.41) is 0.